The fraction of sp³-hybridized carbons (Fsp3) is 0.385. The molecule has 8 nitrogen and oxygen atoms in total. The van der Waals surface area contributed by atoms with Crippen LogP contribution in [-0.2, 0) is 14.4 Å². The Hall–Kier alpha value is -2.64. The minimum absolute atomic E-state index is 0.0978. The van der Waals surface area contributed by atoms with Gasteiger partial charge in [-0.05, 0) is 19.1 Å². The molecule has 111 valence electrons. The Morgan fingerprint density at radius 3 is 2.76 bits per heavy atom. The van der Waals surface area contributed by atoms with Crippen molar-refractivity contribution in [2.45, 2.75) is 13.0 Å². The zero-order valence-corrected chi connectivity index (χ0v) is 11.5. The first-order chi connectivity index (χ1) is 10.1. The summed E-state index contributed by atoms with van der Waals surface area (Å²) in [5.74, 6) is -1.61. The largest absolute Gasteiger partial charge is 0.363 e. The van der Waals surface area contributed by atoms with E-state index >= 15 is 0 Å². The number of hydrogen-bond donors (Lipinski definition) is 2. The van der Waals surface area contributed by atoms with E-state index in [1.54, 1.807) is 31.5 Å². The highest BCUT2D eigenvalue weighted by Gasteiger charge is 2.36. The van der Waals surface area contributed by atoms with Crippen molar-refractivity contribution >= 4 is 24.1 Å². The summed E-state index contributed by atoms with van der Waals surface area (Å²) in [6.45, 7) is 2.55. The first kappa shape index (κ1) is 14.8. The Balaban J connectivity index is 2.05. The lowest BCUT2D eigenvalue weighted by molar-refractivity contribution is -0.153. The molecule has 21 heavy (non-hydrogen) atoms. The van der Waals surface area contributed by atoms with Crippen molar-refractivity contribution in [3.8, 4) is 0 Å². The molecule has 1 aromatic rings. The van der Waals surface area contributed by atoms with Crippen LogP contribution in [-0.4, -0.2) is 58.5 Å². The summed E-state index contributed by atoms with van der Waals surface area (Å²) in [4.78, 5) is 51.5. The van der Waals surface area contributed by atoms with Gasteiger partial charge >= 0.3 is 17.8 Å². The number of aromatic nitrogens is 1. The van der Waals surface area contributed by atoms with Crippen LogP contribution < -0.4 is 5.32 Å². The van der Waals surface area contributed by atoms with Crippen molar-refractivity contribution in [1.29, 1.82) is 0 Å². The van der Waals surface area contributed by atoms with Crippen molar-refractivity contribution in [2.24, 2.45) is 0 Å². The normalized spacial score (nSPS) is 16.8. The fourth-order valence-electron chi connectivity index (χ4n) is 2.07. The Morgan fingerprint density at radius 2 is 2.19 bits per heavy atom. The molecule has 1 radical (unpaired) electrons. The summed E-state index contributed by atoms with van der Waals surface area (Å²) in [6, 6.07) is 1.48. The molecule has 4 amide bonds. The number of aromatic amines is 1. The van der Waals surface area contributed by atoms with Gasteiger partial charge in [0, 0.05) is 31.5 Å². The van der Waals surface area contributed by atoms with Gasteiger partial charge in [-0.2, -0.15) is 0 Å². The van der Waals surface area contributed by atoms with Gasteiger partial charge in [-0.3, -0.25) is 19.3 Å². The van der Waals surface area contributed by atoms with Crippen LogP contribution in [0, 0.1) is 0 Å². The van der Waals surface area contributed by atoms with Crippen molar-refractivity contribution in [3.63, 3.8) is 0 Å². The second kappa shape index (κ2) is 6.21. The maximum atomic E-state index is 12.0. The fourth-order valence-corrected chi connectivity index (χ4v) is 2.07. The van der Waals surface area contributed by atoms with Crippen LogP contribution in [0.25, 0.3) is 0 Å². The molecule has 1 aromatic heterocycles. The van der Waals surface area contributed by atoms with Gasteiger partial charge in [0.2, 0.25) is 6.29 Å². The monoisotopic (exact) mass is 291 g/mol. The summed E-state index contributed by atoms with van der Waals surface area (Å²) in [7, 11) is 0. The van der Waals surface area contributed by atoms with E-state index in [4.69, 9.17) is 0 Å². The highest BCUT2D eigenvalue weighted by atomic mass is 16.2. The van der Waals surface area contributed by atoms with Gasteiger partial charge in [0.05, 0.1) is 0 Å². The van der Waals surface area contributed by atoms with E-state index in [9.17, 15) is 19.2 Å². The molecule has 2 rings (SSSR count). The van der Waals surface area contributed by atoms with Crippen LogP contribution in [0.1, 0.15) is 18.7 Å². The molecule has 1 atom stereocenters. The predicted octanol–water partition coefficient (Wildman–Crippen LogP) is -0.434. The summed E-state index contributed by atoms with van der Waals surface area (Å²) in [6.07, 6.45) is 3.27. The lowest BCUT2D eigenvalue weighted by atomic mass is 10.2. The molecule has 1 fully saturated rings. The van der Waals surface area contributed by atoms with E-state index in [0.717, 1.165) is 4.90 Å². The lowest BCUT2D eigenvalue weighted by Crippen LogP contribution is -2.58. The minimum atomic E-state index is -1.01. The van der Waals surface area contributed by atoms with Crippen molar-refractivity contribution in [2.75, 3.05) is 19.6 Å². The molecule has 0 bridgehead atoms. The Bertz CT molecular complexity index is 555. The summed E-state index contributed by atoms with van der Waals surface area (Å²) in [5, 5.41) is 2.36. The topological polar surface area (TPSA) is 103 Å². The molecule has 0 saturated carbocycles. The number of likely N-dealkylation sites (N-methyl/N-ethyl adjacent to an activating group) is 1. The van der Waals surface area contributed by atoms with Gasteiger partial charge in [-0.15, -0.1) is 0 Å². The third kappa shape index (κ3) is 2.93. The predicted molar refractivity (Wildman–Crippen MR) is 71.7 cm³/mol. The highest BCUT2D eigenvalue weighted by Crippen LogP contribution is 2.10. The van der Waals surface area contributed by atoms with Gasteiger partial charge in [-0.1, -0.05) is 0 Å². The molecule has 2 heterocycles. The lowest BCUT2D eigenvalue weighted by Gasteiger charge is -2.32. The molecule has 0 aliphatic carbocycles. The van der Waals surface area contributed by atoms with Crippen LogP contribution >= 0.6 is 0 Å². The number of hydrogen-bond acceptors (Lipinski definition) is 4. The van der Waals surface area contributed by atoms with Crippen molar-refractivity contribution < 1.29 is 19.2 Å². The van der Waals surface area contributed by atoms with Gasteiger partial charge in [0.1, 0.15) is 6.04 Å². The number of H-pyrrole nitrogens is 1. The number of urea groups is 1. The molecular formula is C13H15N4O4. The maximum Gasteiger partial charge on any atom is 0.325 e. The van der Waals surface area contributed by atoms with Crippen LogP contribution in [0.4, 0.5) is 4.79 Å². The maximum absolute atomic E-state index is 12.0. The number of imide groups is 1. The first-order valence-electron chi connectivity index (χ1n) is 6.50. The second-order valence-corrected chi connectivity index (χ2v) is 4.47. The summed E-state index contributed by atoms with van der Waals surface area (Å²) < 4.78 is 0. The molecule has 0 aromatic carbocycles. The Morgan fingerprint density at radius 1 is 1.43 bits per heavy atom. The van der Waals surface area contributed by atoms with Crippen molar-refractivity contribution in [1.82, 2.24) is 20.1 Å². The number of piperazine rings is 1. The average molecular weight is 291 g/mol. The van der Waals surface area contributed by atoms with E-state index in [0.29, 0.717) is 12.2 Å². The van der Waals surface area contributed by atoms with E-state index in [1.165, 1.54) is 4.90 Å². The van der Waals surface area contributed by atoms with E-state index in [2.05, 4.69) is 10.3 Å². The number of rotatable bonds is 4. The number of carbonyl (C=O) groups excluding carboxylic acids is 4. The minimum Gasteiger partial charge on any atom is -0.363 e. The molecule has 1 aliphatic rings. The molecule has 1 saturated heterocycles. The van der Waals surface area contributed by atoms with E-state index < -0.39 is 23.9 Å². The second-order valence-electron chi connectivity index (χ2n) is 4.47. The van der Waals surface area contributed by atoms with Gasteiger partial charge in [0.25, 0.3) is 0 Å². The zero-order chi connectivity index (χ0) is 15.4. The number of nitrogens with zero attached hydrogens (tertiary/aromatic N) is 2. The molecule has 8 heteroatoms. The van der Waals surface area contributed by atoms with Gasteiger partial charge in [0.15, 0.2) is 0 Å². The molecule has 1 aliphatic heterocycles. The smallest absolute Gasteiger partial charge is 0.325 e. The molecule has 1 unspecified atom stereocenters. The molecular weight excluding hydrogens is 276 g/mol. The van der Waals surface area contributed by atoms with Crippen LogP contribution in [0.15, 0.2) is 18.3 Å². The Kier molecular flexibility index (Phi) is 4.36. The third-order valence-electron chi connectivity index (χ3n) is 3.25. The van der Waals surface area contributed by atoms with Gasteiger partial charge < -0.3 is 15.2 Å². The summed E-state index contributed by atoms with van der Waals surface area (Å²) in [5.41, 5.74) is 0.448. The number of amides is 4. The van der Waals surface area contributed by atoms with Gasteiger partial charge in [-0.25, -0.2) is 4.79 Å². The quantitative estimate of drug-likeness (QED) is 0.734. The number of nitrogens with one attached hydrogen (secondary N) is 2. The van der Waals surface area contributed by atoms with Crippen molar-refractivity contribution in [3.05, 3.63) is 24.0 Å². The molecule has 0 spiro atoms. The highest BCUT2D eigenvalue weighted by molar-refractivity contribution is 6.38. The Labute approximate surface area is 121 Å². The zero-order valence-electron chi connectivity index (χ0n) is 11.5. The average Bonchev–Trinajstić information content (AvgIpc) is 3.01. The third-order valence-corrected chi connectivity index (χ3v) is 3.25. The van der Waals surface area contributed by atoms with Crippen LogP contribution in [0.5, 0.6) is 0 Å². The number of carbonyl (C=O) groups is 3. The molecule has 2 N–H and O–H groups in total. The van der Waals surface area contributed by atoms with Crippen LogP contribution in [0.2, 0.25) is 0 Å². The first-order valence-corrected chi connectivity index (χ1v) is 6.50. The van der Waals surface area contributed by atoms with E-state index in [1.807, 2.05) is 0 Å². The summed E-state index contributed by atoms with van der Waals surface area (Å²) >= 11 is 0. The van der Waals surface area contributed by atoms with E-state index in [-0.39, 0.29) is 13.1 Å². The standard InChI is InChI=1S/C13H15N4O4/c1-2-16-6-7-17(12(20)11(16)19)13(21)15-10(8-18)9-4-3-5-14-9/h3-5,10,14H,2,6-7H2,1H3,(H,15,21). The van der Waals surface area contributed by atoms with Crippen LogP contribution in [0.3, 0.4) is 0 Å². The SMILES string of the molecule is CCN1CCN(C(=O)NC([C]=O)c2ccc[nH]2)C(=O)C1=O.